The number of anilines is 2. The number of nitro groups is 1. The summed E-state index contributed by atoms with van der Waals surface area (Å²) in [5, 5.41) is 13.3. The first kappa shape index (κ1) is 18.5. The van der Waals surface area contributed by atoms with Gasteiger partial charge in [0.05, 0.1) is 21.2 Å². The van der Waals surface area contributed by atoms with Crippen molar-refractivity contribution in [2.75, 3.05) is 17.7 Å². The first-order valence-corrected chi connectivity index (χ1v) is 7.49. The molecule has 0 aliphatic carbocycles. The van der Waals surface area contributed by atoms with Gasteiger partial charge in [0.25, 0.3) is 11.6 Å². The van der Waals surface area contributed by atoms with Crippen molar-refractivity contribution in [3.63, 3.8) is 0 Å². The Kier molecular flexibility index (Phi) is 5.79. The number of esters is 1. The molecule has 0 aliphatic heterocycles. The van der Waals surface area contributed by atoms with E-state index in [1.165, 1.54) is 30.3 Å². The van der Waals surface area contributed by atoms with Crippen LogP contribution in [0.15, 0.2) is 36.4 Å². The number of ether oxygens (including phenoxy) is 1. The van der Waals surface area contributed by atoms with Crippen molar-refractivity contribution in [3.8, 4) is 0 Å². The average Bonchev–Trinajstić information content (AvgIpc) is 2.56. The standard InChI is InChI=1S/C15H11Cl2N3O5/c16-8-1-3-12(18)10(5-8)15(22)25-7-14(21)19-13-4-2-9(20(23)24)6-11(13)17/h1-6H,7,18H2,(H,19,21). The third-order valence-electron chi connectivity index (χ3n) is 3.01. The SMILES string of the molecule is Nc1ccc(Cl)cc1C(=O)OCC(=O)Nc1ccc([N+](=O)[O-])cc1Cl. The predicted octanol–water partition coefficient (Wildman–Crippen LogP) is 3.28. The number of amides is 1. The third kappa shape index (κ3) is 4.82. The lowest BCUT2D eigenvalue weighted by Gasteiger charge is -2.09. The minimum absolute atomic E-state index is 0.0204. The quantitative estimate of drug-likeness (QED) is 0.353. The lowest BCUT2D eigenvalue weighted by atomic mass is 10.2. The summed E-state index contributed by atoms with van der Waals surface area (Å²) in [4.78, 5) is 33.8. The number of hydrogen-bond acceptors (Lipinski definition) is 6. The van der Waals surface area contributed by atoms with Gasteiger partial charge in [-0.05, 0) is 24.3 Å². The molecule has 0 heterocycles. The number of nitrogens with zero attached hydrogens (tertiary/aromatic N) is 1. The van der Waals surface area contributed by atoms with Crippen LogP contribution in [0.5, 0.6) is 0 Å². The molecule has 0 radical (unpaired) electrons. The molecule has 2 rings (SSSR count). The first-order valence-electron chi connectivity index (χ1n) is 6.74. The predicted molar refractivity (Wildman–Crippen MR) is 92.9 cm³/mol. The van der Waals surface area contributed by atoms with Gasteiger partial charge in [-0.1, -0.05) is 23.2 Å². The zero-order valence-electron chi connectivity index (χ0n) is 12.5. The molecule has 0 aromatic heterocycles. The van der Waals surface area contributed by atoms with E-state index in [0.717, 1.165) is 6.07 Å². The van der Waals surface area contributed by atoms with Crippen LogP contribution < -0.4 is 11.1 Å². The van der Waals surface area contributed by atoms with Gasteiger partial charge in [0.15, 0.2) is 6.61 Å². The van der Waals surface area contributed by atoms with Gasteiger partial charge >= 0.3 is 5.97 Å². The molecule has 8 nitrogen and oxygen atoms in total. The van der Waals surface area contributed by atoms with Crippen LogP contribution >= 0.6 is 23.2 Å². The Morgan fingerprint density at radius 3 is 2.56 bits per heavy atom. The third-order valence-corrected chi connectivity index (χ3v) is 3.55. The maximum Gasteiger partial charge on any atom is 0.340 e. The summed E-state index contributed by atoms with van der Waals surface area (Å²) in [5.41, 5.74) is 5.77. The molecule has 3 N–H and O–H groups in total. The zero-order valence-corrected chi connectivity index (χ0v) is 14.0. The van der Waals surface area contributed by atoms with Crippen LogP contribution in [0.3, 0.4) is 0 Å². The molecule has 1 amide bonds. The molecule has 0 unspecified atom stereocenters. The van der Waals surface area contributed by atoms with E-state index >= 15 is 0 Å². The highest BCUT2D eigenvalue weighted by atomic mass is 35.5. The van der Waals surface area contributed by atoms with E-state index in [0.29, 0.717) is 5.02 Å². The van der Waals surface area contributed by atoms with Crippen LogP contribution in [0.4, 0.5) is 17.1 Å². The Morgan fingerprint density at radius 1 is 1.20 bits per heavy atom. The lowest BCUT2D eigenvalue weighted by Crippen LogP contribution is -2.21. The largest absolute Gasteiger partial charge is 0.452 e. The minimum atomic E-state index is -0.815. The average molecular weight is 384 g/mol. The number of nitro benzene ring substituents is 1. The van der Waals surface area contributed by atoms with Gasteiger partial charge in [-0.3, -0.25) is 14.9 Å². The molecule has 0 bridgehead atoms. The molecule has 0 aliphatic rings. The molecular formula is C15H11Cl2N3O5. The Balaban J connectivity index is 1.98. The van der Waals surface area contributed by atoms with Gasteiger partial charge in [0, 0.05) is 22.8 Å². The molecular weight excluding hydrogens is 373 g/mol. The molecule has 10 heteroatoms. The molecule has 2 aromatic carbocycles. The van der Waals surface area contributed by atoms with Gasteiger partial charge in [-0.2, -0.15) is 0 Å². The molecule has 0 fully saturated rings. The number of nitrogens with two attached hydrogens (primary N) is 1. The monoisotopic (exact) mass is 383 g/mol. The number of non-ortho nitro benzene ring substituents is 1. The van der Waals surface area contributed by atoms with Gasteiger partial charge < -0.3 is 15.8 Å². The summed E-state index contributed by atoms with van der Waals surface area (Å²) < 4.78 is 4.86. The second-order valence-corrected chi connectivity index (χ2v) is 5.62. The van der Waals surface area contributed by atoms with Crippen LogP contribution in [0.25, 0.3) is 0 Å². The Bertz CT molecular complexity index is 857. The number of hydrogen-bond donors (Lipinski definition) is 2. The van der Waals surface area contributed by atoms with Crippen LogP contribution in [-0.4, -0.2) is 23.4 Å². The van der Waals surface area contributed by atoms with Crippen molar-refractivity contribution in [2.24, 2.45) is 0 Å². The van der Waals surface area contributed by atoms with E-state index in [1.54, 1.807) is 0 Å². The maximum absolute atomic E-state index is 11.9. The number of nitrogens with one attached hydrogen (secondary N) is 1. The molecule has 130 valence electrons. The van der Waals surface area contributed by atoms with E-state index in [4.69, 9.17) is 33.7 Å². The topological polar surface area (TPSA) is 125 Å². The van der Waals surface area contributed by atoms with Crippen LogP contribution in [0.2, 0.25) is 10.0 Å². The normalized spacial score (nSPS) is 10.2. The smallest absolute Gasteiger partial charge is 0.340 e. The van der Waals surface area contributed by atoms with Crippen molar-refractivity contribution >= 4 is 52.1 Å². The molecule has 0 atom stereocenters. The van der Waals surface area contributed by atoms with Crippen LogP contribution in [0.1, 0.15) is 10.4 Å². The number of carbonyl (C=O) groups excluding carboxylic acids is 2. The zero-order chi connectivity index (χ0) is 18.6. The van der Waals surface area contributed by atoms with E-state index < -0.39 is 23.4 Å². The summed E-state index contributed by atoms with van der Waals surface area (Å²) in [5.74, 6) is -1.49. The Morgan fingerprint density at radius 2 is 1.92 bits per heavy atom. The van der Waals surface area contributed by atoms with Gasteiger partial charge in [-0.25, -0.2) is 4.79 Å². The van der Waals surface area contributed by atoms with Gasteiger partial charge in [-0.15, -0.1) is 0 Å². The van der Waals surface area contributed by atoms with Crippen molar-refractivity contribution < 1.29 is 19.2 Å². The van der Waals surface area contributed by atoms with Crippen molar-refractivity contribution in [1.82, 2.24) is 0 Å². The fourth-order valence-corrected chi connectivity index (χ4v) is 2.21. The van der Waals surface area contributed by atoms with Crippen molar-refractivity contribution in [1.29, 1.82) is 0 Å². The summed E-state index contributed by atoms with van der Waals surface area (Å²) in [6.07, 6.45) is 0. The molecule has 0 spiro atoms. The molecule has 0 saturated carbocycles. The highest BCUT2D eigenvalue weighted by Crippen LogP contribution is 2.26. The molecule has 25 heavy (non-hydrogen) atoms. The van der Waals surface area contributed by atoms with Gasteiger partial charge in [0.2, 0.25) is 0 Å². The fraction of sp³-hybridized carbons (Fsp3) is 0.0667. The van der Waals surface area contributed by atoms with E-state index in [1.807, 2.05) is 0 Å². The second kappa shape index (κ2) is 7.82. The highest BCUT2D eigenvalue weighted by molar-refractivity contribution is 6.34. The van der Waals surface area contributed by atoms with Crippen molar-refractivity contribution in [2.45, 2.75) is 0 Å². The fourth-order valence-electron chi connectivity index (χ4n) is 1.82. The number of nitrogen functional groups attached to an aromatic ring is 1. The molecule has 0 saturated heterocycles. The van der Waals surface area contributed by atoms with Crippen LogP contribution in [-0.2, 0) is 9.53 Å². The first-order chi connectivity index (χ1) is 11.8. The Labute approximate surface area is 151 Å². The second-order valence-electron chi connectivity index (χ2n) is 4.78. The maximum atomic E-state index is 11.9. The summed E-state index contributed by atoms with van der Waals surface area (Å²) in [6.45, 7) is -0.599. The summed E-state index contributed by atoms with van der Waals surface area (Å²) in [7, 11) is 0. The van der Waals surface area contributed by atoms with E-state index in [9.17, 15) is 19.7 Å². The Hall–Kier alpha value is -2.84. The highest BCUT2D eigenvalue weighted by Gasteiger charge is 2.15. The summed E-state index contributed by atoms with van der Waals surface area (Å²) >= 11 is 11.6. The molecule has 2 aromatic rings. The number of rotatable bonds is 5. The van der Waals surface area contributed by atoms with E-state index in [-0.39, 0.29) is 27.6 Å². The van der Waals surface area contributed by atoms with E-state index in [2.05, 4.69) is 5.32 Å². The summed E-state index contributed by atoms with van der Waals surface area (Å²) in [6, 6.07) is 7.82. The minimum Gasteiger partial charge on any atom is -0.452 e. The van der Waals surface area contributed by atoms with Crippen LogP contribution in [0, 0.1) is 10.1 Å². The number of halogens is 2. The number of benzene rings is 2. The van der Waals surface area contributed by atoms with Gasteiger partial charge in [0.1, 0.15) is 0 Å². The number of carbonyl (C=O) groups is 2. The van der Waals surface area contributed by atoms with Crippen molar-refractivity contribution in [3.05, 3.63) is 62.1 Å². The lowest BCUT2D eigenvalue weighted by molar-refractivity contribution is -0.384.